The molecule has 0 saturated heterocycles. The summed E-state index contributed by atoms with van der Waals surface area (Å²) in [6.45, 7) is 1.07. The van der Waals surface area contributed by atoms with Gasteiger partial charge in [0.15, 0.2) is 0 Å². The van der Waals surface area contributed by atoms with Crippen LogP contribution in [0.2, 0.25) is 0 Å². The van der Waals surface area contributed by atoms with Gasteiger partial charge in [-0.1, -0.05) is 36.4 Å². The van der Waals surface area contributed by atoms with Crippen molar-refractivity contribution >= 4 is 33.4 Å². The number of hydrogen-bond donors (Lipinski definition) is 2. The van der Waals surface area contributed by atoms with E-state index >= 15 is 0 Å². The molecule has 152 valence electrons. The number of fused-ring (bicyclic) bond motifs is 1. The SMILES string of the molecule is O=C(NC[C@@H]1OCCc2ccccc21)c1ccc(NC(=O)c2ccccc2Br)cc1. The van der Waals surface area contributed by atoms with E-state index in [-0.39, 0.29) is 17.9 Å². The van der Waals surface area contributed by atoms with Gasteiger partial charge in [-0.25, -0.2) is 0 Å². The summed E-state index contributed by atoms with van der Waals surface area (Å²) >= 11 is 3.38. The predicted molar refractivity (Wildman–Crippen MR) is 120 cm³/mol. The molecule has 1 aliphatic rings. The maximum atomic E-state index is 12.5. The fraction of sp³-hybridized carbons (Fsp3) is 0.167. The molecule has 0 saturated carbocycles. The van der Waals surface area contributed by atoms with Gasteiger partial charge in [-0.2, -0.15) is 0 Å². The van der Waals surface area contributed by atoms with Gasteiger partial charge in [0.05, 0.1) is 12.2 Å². The first-order valence-corrected chi connectivity index (χ1v) is 10.5. The van der Waals surface area contributed by atoms with E-state index in [0.717, 1.165) is 16.5 Å². The number of carbonyl (C=O) groups excluding carboxylic acids is 2. The molecule has 2 amide bonds. The molecule has 3 aromatic carbocycles. The van der Waals surface area contributed by atoms with Crippen molar-refractivity contribution in [2.75, 3.05) is 18.5 Å². The maximum Gasteiger partial charge on any atom is 0.256 e. The molecule has 0 aliphatic carbocycles. The Bertz CT molecular complexity index is 1070. The minimum atomic E-state index is -0.215. The van der Waals surface area contributed by atoms with Crippen molar-refractivity contribution < 1.29 is 14.3 Å². The van der Waals surface area contributed by atoms with E-state index in [4.69, 9.17) is 4.74 Å². The molecule has 1 heterocycles. The molecule has 0 spiro atoms. The van der Waals surface area contributed by atoms with Crippen LogP contribution >= 0.6 is 15.9 Å². The van der Waals surface area contributed by atoms with Crippen LogP contribution in [0.15, 0.2) is 77.3 Å². The number of rotatable bonds is 5. The van der Waals surface area contributed by atoms with E-state index in [0.29, 0.717) is 30.0 Å². The highest BCUT2D eigenvalue weighted by molar-refractivity contribution is 9.10. The molecule has 0 fully saturated rings. The number of carbonyl (C=O) groups is 2. The van der Waals surface area contributed by atoms with E-state index in [1.807, 2.05) is 36.4 Å². The average molecular weight is 465 g/mol. The number of amides is 2. The highest BCUT2D eigenvalue weighted by atomic mass is 79.9. The molecule has 1 aliphatic heterocycles. The summed E-state index contributed by atoms with van der Waals surface area (Å²) in [5.74, 6) is -0.391. The van der Waals surface area contributed by atoms with E-state index in [1.165, 1.54) is 5.56 Å². The summed E-state index contributed by atoms with van der Waals surface area (Å²) in [4.78, 5) is 24.9. The van der Waals surface area contributed by atoms with Gasteiger partial charge >= 0.3 is 0 Å². The van der Waals surface area contributed by atoms with Crippen molar-refractivity contribution in [3.05, 3.63) is 99.5 Å². The van der Waals surface area contributed by atoms with Gasteiger partial charge in [-0.15, -0.1) is 0 Å². The average Bonchev–Trinajstić information content (AvgIpc) is 2.78. The van der Waals surface area contributed by atoms with Crippen LogP contribution in [0.5, 0.6) is 0 Å². The lowest BCUT2D eigenvalue weighted by Crippen LogP contribution is -2.31. The van der Waals surface area contributed by atoms with Gasteiger partial charge in [0.1, 0.15) is 6.10 Å². The van der Waals surface area contributed by atoms with Gasteiger partial charge in [-0.3, -0.25) is 9.59 Å². The van der Waals surface area contributed by atoms with Crippen LogP contribution in [-0.4, -0.2) is 25.0 Å². The van der Waals surface area contributed by atoms with Gasteiger partial charge in [-0.05, 0) is 69.9 Å². The van der Waals surface area contributed by atoms with Crippen LogP contribution in [0, 0.1) is 0 Å². The fourth-order valence-electron chi connectivity index (χ4n) is 3.48. The Morgan fingerprint density at radius 3 is 2.47 bits per heavy atom. The third kappa shape index (κ3) is 4.61. The molecule has 4 rings (SSSR count). The number of nitrogens with one attached hydrogen (secondary N) is 2. The first kappa shape index (κ1) is 20.3. The number of hydrogen-bond acceptors (Lipinski definition) is 3. The van der Waals surface area contributed by atoms with Crippen LogP contribution in [0.4, 0.5) is 5.69 Å². The summed E-state index contributed by atoms with van der Waals surface area (Å²) in [5, 5.41) is 5.78. The molecular weight excluding hydrogens is 444 g/mol. The molecule has 30 heavy (non-hydrogen) atoms. The molecule has 5 nitrogen and oxygen atoms in total. The van der Waals surface area contributed by atoms with Crippen molar-refractivity contribution in [2.24, 2.45) is 0 Å². The largest absolute Gasteiger partial charge is 0.371 e. The molecule has 0 bridgehead atoms. The molecule has 3 aromatic rings. The minimum Gasteiger partial charge on any atom is -0.371 e. The Morgan fingerprint density at radius 2 is 1.67 bits per heavy atom. The molecule has 6 heteroatoms. The molecule has 2 N–H and O–H groups in total. The second-order valence-corrected chi connectivity index (χ2v) is 7.88. The first-order chi connectivity index (χ1) is 14.6. The Hall–Kier alpha value is -2.96. The van der Waals surface area contributed by atoms with Gasteiger partial charge < -0.3 is 15.4 Å². The van der Waals surface area contributed by atoms with Gasteiger partial charge in [0.25, 0.3) is 11.8 Å². The zero-order valence-electron chi connectivity index (χ0n) is 16.2. The molecular formula is C24H21BrN2O3. The predicted octanol–water partition coefficient (Wildman–Crippen LogP) is 4.75. The van der Waals surface area contributed by atoms with Gasteiger partial charge in [0.2, 0.25) is 0 Å². The number of anilines is 1. The zero-order chi connectivity index (χ0) is 20.9. The van der Waals surface area contributed by atoms with Crippen molar-refractivity contribution in [1.82, 2.24) is 5.32 Å². The van der Waals surface area contributed by atoms with E-state index in [1.54, 1.807) is 30.3 Å². The lowest BCUT2D eigenvalue weighted by Gasteiger charge is -2.26. The van der Waals surface area contributed by atoms with Crippen LogP contribution in [0.1, 0.15) is 37.9 Å². The molecule has 0 unspecified atom stereocenters. The molecule has 0 radical (unpaired) electrons. The van der Waals surface area contributed by atoms with Crippen LogP contribution in [-0.2, 0) is 11.2 Å². The third-order valence-electron chi connectivity index (χ3n) is 5.06. The summed E-state index contributed by atoms with van der Waals surface area (Å²) < 4.78 is 6.57. The second-order valence-electron chi connectivity index (χ2n) is 7.03. The smallest absolute Gasteiger partial charge is 0.256 e. The highest BCUT2D eigenvalue weighted by Crippen LogP contribution is 2.26. The lowest BCUT2D eigenvalue weighted by molar-refractivity contribution is 0.0411. The maximum absolute atomic E-state index is 12.5. The number of ether oxygens (including phenoxy) is 1. The quantitative estimate of drug-likeness (QED) is 0.572. The summed E-state index contributed by atoms with van der Waals surface area (Å²) in [7, 11) is 0. The van der Waals surface area contributed by atoms with Crippen molar-refractivity contribution in [2.45, 2.75) is 12.5 Å². The van der Waals surface area contributed by atoms with Crippen LogP contribution in [0.25, 0.3) is 0 Å². The van der Waals surface area contributed by atoms with E-state index in [9.17, 15) is 9.59 Å². The van der Waals surface area contributed by atoms with Crippen molar-refractivity contribution in [3.63, 3.8) is 0 Å². The second kappa shape index (κ2) is 9.24. The Labute approximate surface area is 183 Å². The Morgan fingerprint density at radius 1 is 0.933 bits per heavy atom. The standard InChI is InChI=1S/C24H21BrN2O3/c25-21-8-4-3-7-20(21)24(29)27-18-11-9-17(10-12-18)23(28)26-15-22-19-6-2-1-5-16(19)13-14-30-22/h1-12,22H,13-15H2,(H,26,28)(H,27,29)/t22-/m0/s1. The molecule has 0 aromatic heterocycles. The summed E-state index contributed by atoms with van der Waals surface area (Å²) in [6, 6.07) is 22.2. The lowest BCUT2D eigenvalue weighted by atomic mass is 9.97. The first-order valence-electron chi connectivity index (χ1n) is 9.75. The molecule has 1 atom stereocenters. The number of benzene rings is 3. The van der Waals surface area contributed by atoms with Crippen molar-refractivity contribution in [1.29, 1.82) is 0 Å². The van der Waals surface area contributed by atoms with Gasteiger partial charge in [0, 0.05) is 22.3 Å². The zero-order valence-corrected chi connectivity index (χ0v) is 17.8. The van der Waals surface area contributed by atoms with E-state index < -0.39 is 0 Å². The third-order valence-corrected chi connectivity index (χ3v) is 5.76. The van der Waals surface area contributed by atoms with E-state index in [2.05, 4.69) is 32.6 Å². The Balaban J connectivity index is 1.36. The summed E-state index contributed by atoms with van der Waals surface area (Å²) in [5.41, 5.74) is 4.10. The Kier molecular flexibility index (Phi) is 6.26. The number of halogens is 1. The monoisotopic (exact) mass is 464 g/mol. The normalized spacial score (nSPS) is 15.2. The van der Waals surface area contributed by atoms with Crippen LogP contribution < -0.4 is 10.6 Å². The minimum absolute atomic E-state index is 0.137. The van der Waals surface area contributed by atoms with Crippen molar-refractivity contribution in [3.8, 4) is 0 Å². The summed E-state index contributed by atoms with van der Waals surface area (Å²) in [6.07, 6.45) is 0.759. The fourth-order valence-corrected chi connectivity index (χ4v) is 3.95. The highest BCUT2D eigenvalue weighted by Gasteiger charge is 2.21. The topological polar surface area (TPSA) is 67.4 Å². The van der Waals surface area contributed by atoms with Crippen LogP contribution in [0.3, 0.4) is 0 Å².